The molecule has 5 aromatic carbocycles. The van der Waals surface area contributed by atoms with Crippen molar-refractivity contribution in [2.45, 2.75) is 138 Å². The lowest BCUT2D eigenvalue weighted by molar-refractivity contribution is -0.439. The zero-order chi connectivity index (χ0) is 57.0. The molecule has 2 aliphatic heterocycles. The van der Waals surface area contributed by atoms with Gasteiger partial charge in [0.15, 0.2) is 24.4 Å². The summed E-state index contributed by atoms with van der Waals surface area (Å²) in [6.07, 6.45) is -14.8. The summed E-state index contributed by atoms with van der Waals surface area (Å²) in [7, 11) is -9.51. The summed E-state index contributed by atoms with van der Waals surface area (Å²) in [6, 6.07) is 30.6. The van der Waals surface area contributed by atoms with Crippen molar-refractivity contribution in [1.82, 2.24) is 0 Å². The number of hydrogen-bond acceptors (Lipinski definition) is 19. The highest BCUT2D eigenvalue weighted by atomic mass is 35.5. The van der Waals surface area contributed by atoms with E-state index in [1.165, 1.54) is 104 Å². The maximum atomic E-state index is 14.7. The van der Waals surface area contributed by atoms with Crippen molar-refractivity contribution in [2.24, 2.45) is 0 Å². The molecule has 2 fully saturated rings. The number of hydrogen-bond donors (Lipinski definition) is 0. The van der Waals surface area contributed by atoms with Gasteiger partial charge >= 0.3 is 24.2 Å². The van der Waals surface area contributed by atoms with Gasteiger partial charge in [-0.15, -0.1) is 0 Å². The molecule has 2 heterocycles. The normalized spacial score (nSPS) is 23.8. The maximum Gasteiger partial charge on any atom is 0.509 e. The minimum absolute atomic E-state index is 0.0122. The SMILES string of the molecule is Cc1ccc(C(=O)O[C@@H]2[C@@H](OC(=O)OC(C)(C)C)[C@H](OS(=O)(=O)c3ccc(C)cc3)CO[C@]2(O[C@]2(C)OC[C@@H](OS(=O)(=O)c3ccc(C)cc3)[C@H](OC(=O)OC(C)(C)C)[C@H]2OC(=O)c2ccc(Cl)cc2)c2ccccc2)cc1. The largest absolute Gasteiger partial charge is 0.509 e. The van der Waals surface area contributed by atoms with Gasteiger partial charge in [0.2, 0.25) is 11.6 Å². The van der Waals surface area contributed by atoms with Crippen LogP contribution in [0.2, 0.25) is 5.02 Å². The van der Waals surface area contributed by atoms with Crippen LogP contribution in [0.3, 0.4) is 0 Å². The Morgan fingerprint density at radius 2 is 0.910 bits per heavy atom. The monoisotopic (exact) mass is 1140 g/mol. The fraction of sp³-hybridized carbons (Fsp3) is 0.393. The van der Waals surface area contributed by atoms with Gasteiger partial charge in [0.1, 0.15) is 23.4 Å². The standard InChI is InChI=1S/C56H61ClO19S2/c1-34-16-22-37(23-17-34)50(59)71-48-46(69-52(61)73-54(7,8)9)44(75-78(64,65)42-30-20-36(3)21-31-42)33-67-56(48,39-14-12-11-13-15-39)76-55(10)47(70-49(58)38-24-26-40(57)27-25-38)45(68-51(60)72-53(4,5)6)43(32-66-55)74-77(62,63)41-28-18-35(2)19-29-41/h11-31,43-48H,32-33H2,1-10H3/t43-,44-,45+,46+,47-,48-,55+,56+/m1/s1. The third-order valence-corrected chi connectivity index (χ3v) is 14.9. The van der Waals surface area contributed by atoms with E-state index >= 15 is 0 Å². The number of halogens is 1. The molecule has 0 radical (unpaired) electrons. The Balaban J connectivity index is 1.45. The molecule has 2 aliphatic rings. The van der Waals surface area contributed by atoms with E-state index in [4.69, 9.17) is 62.6 Å². The van der Waals surface area contributed by atoms with Gasteiger partial charge in [0.25, 0.3) is 20.2 Å². The minimum Gasteiger partial charge on any atom is -0.449 e. The Morgan fingerprint density at radius 1 is 0.526 bits per heavy atom. The third kappa shape index (κ3) is 14.6. The van der Waals surface area contributed by atoms with Crippen molar-refractivity contribution < 1.29 is 87.0 Å². The summed E-state index contributed by atoms with van der Waals surface area (Å²) in [5, 5.41) is 0.254. The second-order valence-electron chi connectivity index (χ2n) is 20.7. The van der Waals surface area contributed by atoms with E-state index in [0.29, 0.717) is 0 Å². The van der Waals surface area contributed by atoms with Gasteiger partial charge in [-0.2, -0.15) is 16.8 Å². The van der Waals surface area contributed by atoms with Crippen LogP contribution in [-0.4, -0.2) is 108 Å². The van der Waals surface area contributed by atoms with E-state index in [9.17, 15) is 36.0 Å². The molecule has 0 unspecified atom stereocenters. The average Bonchev–Trinajstić information content (AvgIpc) is 3.43. The van der Waals surface area contributed by atoms with Crippen molar-refractivity contribution in [3.63, 3.8) is 0 Å². The predicted molar refractivity (Wildman–Crippen MR) is 279 cm³/mol. The summed E-state index contributed by atoms with van der Waals surface area (Å²) in [4.78, 5) is 56.6. The Labute approximate surface area is 458 Å². The van der Waals surface area contributed by atoms with E-state index in [2.05, 4.69) is 0 Å². The van der Waals surface area contributed by atoms with Crippen molar-refractivity contribution in [2.75, 3.05) is 13.2 Å². The quantitative estimate of drug-likeness (QED) is 0.0538. The van der Waals surface area contributed by atoms with Crippen LogP contribution in [0, 0.1) is 20.8 Å². The fourth-order valence-corrected chi connectivity index (χ4v) is 10.5. The van der Waals surface area contributed by atoms with Crippen LogP contribution in [0.5, 0.6) is 0 Å². The van der Waals surface area contributed by atoms with Crippen LogP contribution in [0.15, 0.2) is 137 Å². The summed E-state index contributed by atoms with van der Waals surface area (Å²) in [5.74, 6) is -7.45. The Morgan fingerprint density at radius 3 is 1.35 bits per heavy atom. The van der Waals surface area contributed by atoms with Crippen LogP contribution >= 0.6 is 11.6 Å². The fourth-order valence-electron chi connectivity index (χ4n) is 8.18. The second kappa shape index (κ2) is 23.5. The molecule has 8 atom stereocenters. The summed E-state index contributed by atoms with van der Waals surface area (Å²) in [6.45, 7) is 14.1. The molecule has 7 rings (SSSR count). The van der Waals surface area contributed by atoms with Crippen LogP contribution in [0.25, 0.3) is 0 Å². The zero-order valence-corrected chi connectivity index (χ0v) is 46.8. The van der Waals surface area contributed by atoms with Gasteiger partial charge in [0.05, 0.1) is 34.1 Å². The van der Waals surface area contributed by atoms with Crippen LogP contribution < -0.4 is 0 Å². The van der Waals surface area contributed by atoms with Crippen molar-refractivity contribution in [3.8, 4) is 0 Å². The topological polar surface area (TPSA) is 238 Å². The molecule has 0 aromatic heterocycles. The molecular weight excluding hydrogens is 1080 g/mol. The molecular formula is C56H61ClO19S2. The zero-order valence-electron chi connectivity index (χ0n) is 44.5. The number of benzene rings is 5. The molecule has 5 aromatic rings. The third-order valence-electron chi connectivity index (χ3n) is 11.9. The van der Waals surface area contributed by atoms with Crippen LogP contribution in [-0.2, 0) is 77.0 Å². The first-order valence-electron chi connectivity index (χ1n) is 24.5. The smallest absolute Gasteiger partial charge is 0.449 e. The number of carbonyl (C=O) groups excluding carboxylic acids is 4. The highest BCUT2D eigenvalue weighted by molar-refractivity contribution is 7.87. The molecule has 418 valence electrons. The number of ether oxygens (including phenoxy) is 9. The first-order chi connectivity index (χ1) is 36.5. The molecule has 0 aliphatic carbocycles. The van der Waals surface area contributed by atoms with Crippen molar-refractivity contribution >= 4 is 56.1 Å². The van der Waals surface area contributed by atoms with Crippen LogP contribution in [0.4, 0.5) is 9.59 Å². The highest BCUT2D eigenvalue weighted by Crippen LogP contribution is 2.48. The van der Waals surface area contributed by atoms with Gasteiger partial charge in [-0.1, -0.05) is 95.0 Å². The maximum absolute atomic E-state index is 14.7. The van der Waals surface area contributed by atoms with E-state index in [0.717, 1.165) is 16.7 Å². The van der Waals surface area contributed by atoms with Gasteiger partial charge in [-0.05, 0) is 130 Å². The Bertz CT molecular complexity index is 3160. The predicted octanol–water partition coefficient (Wildman–Crippen LogP) is 9.85. The molecule has 78 heavy (non-hydrogen) atoms. The molecule has 0 spiro atoms. The van der Waals surface area contributed by atoms with Crippen LogP contribution in [0.1, 0.15) is 91.4 Å². The molecule has 0 bridgehead atoms. The minimum atomic E-state index is -4.76. The number of carbonyl (C=O) groups is 4. The summed E-state index contributed by atoms with van der Waals surface area (Å²) >= 11 is 6.19. The van der Waals surface area contributed by atoms with Gasteiger partial charge in [-0.25, -0.2) is 19.2 Å². The molecule has 19 nitrogen and oxygen atoms in total. The number of aryl methyl sites for hydroxylation is 3. The molecule has 0 saturated carbocycles. The highest BCUT2D eigenvalue weighted by Gasteiger charge is 2.65. The van der Waals surface area contributed by atoms with E-state index in [1.54, 1.807) is 92.6 Å². The van der Waals surface area contributed by atoms with Gasteiger partial charge in [0, 0.05) is 10.6 Å². The number of rotatable bonds is 15. The molecule has 0 amide bonds. The molecule has 2 saturated heterocycles. The Kier molecular flexibility index (Phi) is 17.8. The lowest BCUT2D eigenvalue weighted by Crippen LogP contribution is -2.70. The second-order valence-corrected chi connectivity index (χ2v) is 24.3. The first-order valence-corrected chi connectivity index (χ1v) is 27.7. The summed E-state index contributed by atoms with van der Waals surface area (Å²) < 4.78 is 124. The first kappa shape index (κ1) is 59.2. The number of esters is 2. The molecule has 22 heteroatoms. The lowest BCUT2D eigenvalue weighted by Gasteiger charge is -2.53. The van der Waals surface area contributed by atoms with Crippen molar-refractivity contribution in [1.29, 1.82) is 0 Å². The van der Waals surface area contributed by atoms with E-state index in [-0.39, 0.29) is 31.5 Å². The van der Waals surface area contributed by atoms with E-state index in [1.807, 2.05) is 0 Å². The molecule has 0 N–H and O–H groups in total. The Hall–Kier alpha value is -6.43. The van der Waals surface area contributed by atoms with E-state index < -0.39 is 117 Å². The van der Waals surface area contributed by atoms with Gasteiger partial charge < -0.3 is 42.6 Å². The lowest BCUT2D eigenvalue weighted by atomic mass is 9.89. The average molecular weight is 1140 g/mol. The van der Waals surface area contributed by atoms with Gasteiger partial charge in [-0.3, -0.25) is 8.37 Å². The van der Waals surface area contributed by atoms with Crippen molar-refractivity contribution in [3.05, 3.63) is 166 Å². The summed E-state index contributed by atoms with van der Waals surface area (Å²) in [5.41, 5.74) is -0.321.